The van der Waals surface area contributed by atoms with Crippen molar-refractivity contribution in [1.29, 1.82) is 0 Å². The van der Waals surface area contributed by atoms with Crippen molar-refractivity contribution in [2.45, 2.75) is 6.54 Å². The van der Waals surface area contributed by atoms with Gasteiger partial charge in [0.05, 0.1) is 12.1 Å². The van der Waals surface area contributed by atoms with Crippen molar-refractivity contribution in [3.63, 3.8) is 0 Å². The minimum absolute atomic E-state index is 0.561. The van der Waals surface area contributed by atoms with Crippen LogP contribution < -0.4 is 0 Å². The number of benzene rings is 3. The summed E-state index contributed by atoms with van der Waals surface area (Å²) in [5.41, 5.74) is 3.68. The molecule has 3 aromatic carbocycles. The number of rotatable bonds is 3. The molecule has 24 heavy (non-hydrogen) atoms. The first-order valence-corrected chi connectivity index (χ1v) is 7.82. The summed E-state index contributed by atoms with van der Waals surface area (Å²) in [4.78, 5) is 8.76. The van der Waals surface area contributed by atoms with Gasteiger partial charge in [-0.15, -0.1) is 0 Å². The molecule has 4 aromatic rings. The van der Waals surface area contributed by atoms with Crippen molar-refractivity contribution >= 4 is 34.5 Å². The predicted octanol–water partition coefficient (Wildman–Crippen LogP) is 5.23. The molecule has 0 radical (unpaired) electrons. The maximum atomic E-state index is 6.05. The van der Waals surface area contributed by atoms with Crippen LogP contribution in [0.2, 0.25) is 0 Å². The summed E-state index contributed by atoms with van der Waals surface area (Å²) in [6.45, 7) is 4.25. The molecule has 0 saturated carbocycles. The van der Waals surface area contributed by atoms with E-state index in [0.29, 0.717) is 12.4 Å². The summed E-state index contributed by atoms with van der Waals surface area (Å²) in [6.07, 6.45) is 0. The van der Waals surface area contributed by atoms with Gasteiger partial charge in [-0.2, -0.15) is 0 Å². The van der Waals surface area contributed by atoms with Crippen molar-refractivity contribution in [2.24, 2.45) is 9.98 Å². The molecule has 0 saturated heterocycles. The molecule has 3 nitrogen and oxygen atoms in total. The average Bonchev–Trinajstić information content (AvgIpc) is 3.02. The number of hydrogen-bond acceptors (Lipinski definition) is 2. The first kappa shape index (κ1) is 14.4. The predicted molar refractivity (Wildman–Crippen MR) is 100.0 cm³/mol. The maximum Gasteiger partial charge on any atom is 0.158 e. The lowest BCUT2D eigenvalue weighted by Gasteiger charge is -2.03. The monoisotopic (exact) mass is 312 g/mol. The van der Waals surface area contributed by atoms with Gasteiger partial charge >= 0.3 is 0 Å². The lowest BCUT2D eigenvalue weighted by atomic mass is 10.1. The molecule has 3 heteroatoms. The van der Waals surface area contributed by atoms with Gasteiger partial charge in [-0.3, -0.25) is 4.99 Å². The highest BCUT2D eigenvalue weighted by molar-refractivity contribution is 6.15. The fraction of sp³-hybridized carbons (Fsp3) is 0.0476. The zero-order chi connectivity index (χ0) is 16.4. The molecule has 0 spiro atoms. The molecule has 0 fully saturated rings. The molecule has 0 atom stereocenters. The zero-order valence-electron chi connectivity index (χ0n) is 13.1. The van der Waals surface area contributed by atoms with E-state index in [1.165, 1.54) is 0 Å². The van der Waals surface area contributed by atoms with Gasteiger partial charge in [-0.05, 0) is 24.4 Å². The van der Waals surface area contributed by atoms with Gasteiger partial charge in [0.2, 0.25) is 0 Å². The van der Waals surface area contributed by atoms with Gasteiger partial charge in [0.1, 0.15) is 11.2 Å². The van der Waals surface area contributed by atoms with Crippen LogP contribution in [0, 0.1) is 0 Å². The lowest BCUT2D eigenvalue weighted by Crippen LogP contribution is -1.98. The first-order valence-electron chi connectivity index (χ1n) is 7.82. The molecule has 0 aliphatic heterocycles. The molecular weight excluding hydrogens is 296 g/mol. The van der Waals surface area contributed by atoms with E-state index in [1.807, 2.05) is 60.7 Å². The maximum absolute atomic E-state index is 6.05. The Morgan fingerprint density at radius 1 is 0.833 bits per heavy atom. The molecule has 4 rings (SSSR count). The molecular formula is C21H16N2O. The lowest BCUT2D eigenvalue weighted by molar-refractivity contribution is 0.668. The van der Waals surface area contributed by atoms with Crippen LogP contribution in [0.25, 0.3) is 21.9 Å². The fourth-order valence-corrected chi connectivity index (χ4v) is 2.89. The van der Waals surface area contributed by atoms with Crippen molar-refractivity contribution in [1.82, 2.24) is 0 Å². The van der Waals surface area contributed by atoms with Crippen LogP contribution in [-0.2, 0) is 6.54 Å². The largest absolute Gasteiger partial charge is 0.455 e. The second-order valence-corrected chi connectivity index (χ2v) is 5.56. The molecule has 0 bridgehead atoms. The SMILES string of the molecule is C=NC(=NCc1ccccc1)c1cccc2c1oc1ccccc12. The molecule has 0 aliphatic carbocycles. The van der Waals surface area contributed by atoms with E-state index >= 15 is 0 Å². The first-order chi connectivity index (χ1) is 11.9. The Hall–Kier alpha value is -3.20. The van der Waals surface area contributed by atoms with E-state index in [0.717, 1.165) is 33.1 Å². The number of nitrogens with zero attached hydrogens (tertiary/aromatic N) is 2. The van der Waals surface area contributed by atoms with Crippen LogP contribution in [0.4, 0.5) is 0 Å². The van der Waals surface area contributed by atoms with E-state index in [-0.39, 0.29) is 0 Å². The van der Waals surface area contributed by atoms with Gasteiger partial charge in [-0.25, -0.2) is 4.99 Å². The Balaban J connectivity index is 1.83. The average molecular weight is 312 g/mol. The molecule has 0 N–H and O–H groups in total. The van der Waals surface area contributed by atoms with Gasteiger partial charge in [0, 0.05) is 10.8 Å². The van der Waals surface area contributed by atoms with Crippen molar-refractivity contribution in [3.05, 3.63) is 83.9 Å². The summed E-state index contributed by atoms with van der Waals surface area (Å²) in [5.74, 6) is 0.600. The summed E-state index contributed by atoms with van der Waals surface area (Å²) >= 11 is 0. The Labute approximate surface area is 140 Å². The van der Waals surface area contributed by atoms with Crippen LogP contribution in [0.15, 0.2) is 87.2 Å². The molecule has 1 aromatic heterocycles. The smallest absolute Gasteiger partial charge is 0.158 e. The Morgan fingerprint density at radius 3 is 2.42 bits per heavy atom. The third-order valence-electron chi connectivity index (χ3n) is 4.05. The second-order valence-electron chi connectivity index (χ2n) is 5.56. The number of aliphatic imine (C=N–C) groups is 2. The number of amidine groups is 1. The van der Waals surface area contributed by atoms with Gasteiger partial charge in [-0.1, -0.05) is 60.7 Å². The highest BCUT2D eigenvalue weighted by Crippen LogP contribution is 2.31. The summed E-state index contributed by atoms with van der Waals surface area (Å²) < 4.78 is 6.05. The summed E-state index contributed by atoms with van der Waals surface area (Å²) in [7, 11) is 0. The van der Waals surface area contributed by atoms with Crippen LogP contribution in [0.5, 0.6) is 0 Å². The molecule has 1 heterocycles. The van der Waals surface area contributed by atoms with Gasteiger partial charge < -0.3 is 4.42 Å². The van der Waals surface area contributed by atoms with E-state index in [9.17, 15) is 0 Å². The molecule has 116 valence electrons. The van der Waals surface area contributed by atoms with Gasteiger partial charge in [0.15, 0.2) is 5.84 Å². The molecule has 0 amide bonds. The molecule has 0 aliphatic rings. The zero-order valence-corrected chi connectivity index (χ0v) is 13.1. The van der Waals surface area contributed by atoms with Crippen LogP contribution in [0.1, 0.15) is 11.1 Å². The van der Waals surface area contributed by atoms with Gasteiger partial charge in [0.25, 0.3) is 0 Å². The van der Waals surface area contributed by atoms with Crippen molar-refractivity contribution < 1.29 is 4.42 Å². The topological polar surface area (TPSA) is 37.9 Å². The van der Waals surface area contributed by atoms with E-state index < -0.39 is 0 Å². The Kier molecular flexibility index (Phi) is 3.67. The van der Waals surface area contributed by atoms with E-state index in [1.54, 1.807) is 0 Å². The summed E-state index contributed by atoms with van der Waals surface area (Å²) in [5, 5.41) is 2.17. The van der Waals surface area contributed by atoms with Crippen LogP contribution >= 0.6 is 0 Å². The Morgan fingerprint density at radius 2 is 1.58 bits per heavy atom. The number of hydrogen-bond donors (Lipinski definition) is 0. The van der Waals surface area contributed by atoms with E-state index in [4.69, 9.17) is 4.42 Å². The highest BCUT2D eigenvalue weighted by Gasteiger charge is 2.13. The number of para-hydroxylation sites is 2. The quantitative estimate of drug-likeness (QED) is 0.377. The minimum atomic E-state index is 0.561. The third-order valence-corrected chi connectivity index (χ3v) is 4.05. The van der Waals surface area contributed by atoms with Crippen LogP contribution in [0.3, 0.4) is 0 Å². The van der Waals surface area contributed by atoms with Crippen LogP contribution in [-0.4, -0.2) is 12.6 Å². The third kappa shape index (κ3) is 2.50. The number of fused-ring (bicyclic) bond motifs is 3. The normalized spacial score (nSPS) is 11.9. The molecule has 0 unspecified atom stereocenters. The number of furan rings is 1. The van der Waals surface area contributed by atoms with E-state index in [2.05, 4.69) is 28.8 Å². The standard InChI is InChI=1S/C21H16N2O/c1-22-21(23-14-15-8-3-2-4-9-15)18-12-7-11-17-16-10-5-6-13-19(16)24-20(17)18/h2-13H,1,14H2. The highest BCUT2D eigenvalue weighted by atomic mass is 16.3. The van der Waals surface area contributed by atoms with Crippen molar-refractivity contribution in [2.75, 3.05) is 0 Å². The summed E-state index contributed by atoms with van der Waals surface area (Å²) in [6, 6.07) is 24.2. The minimum Gasteiger partial charge on any atom is -0.455 e. The fourth-order valence-electron chi connectivity index (χ4n) is 2.89. The Bertz CT molecular complexity index is 1050. The van der Waals surface area contributed by atoms with Crippen molar-refractivity contribution in [3.8, 4) is 0 Å². The second kappa shape index (κ2) is 6.13.